The Morgan fingerprint density at radius 3 is 2.55 bits per heavy atom. The van der Waals surface area contributed by atoms with Crippen molar-refractivity contribution < 1.29 is 14.7 Å². The number of hydrogen-bond acceptors (Lipinski definition) is 5. The molecule has 2 N–H and O–H groups in total. The van der Waals surface area contributed by atoms with Gasteiger partial charge in [-0.25, -0.2) is 9.78 Å². The van der Waals surface area contributed by atoms with Crippen LogP contribution in [0, 0.1) is 11.8 Å². The minimum absolute atomic E-state index is 0.137. The highest BCUT2D eigenvalue weighted by Gasteiger charge is 2.27. The van der Waals surface area contributed by atoms with Crippen molar-refractivity contribution in [1.82, 2.24) is 4.98 Å². The van der Waals surface area contributed by atoms with E-state index in [1.165, 1.54) is 13.3 Å². The maximum Gasteiger partial charge on any atom is 0.356 e. The highest BCUT2D eigenvalue weighted by molar-refractivity contribution is 7.17. The van der Waals surface area contributed by atoms with E-state index in [1.54, 1.807) is 0 Å². The van der Waals surface area contributed by atoms with Gasteiger partial charge in [0, 0.05) is 13.0 Å². The lowest BCUT2D eigenvalue weighted by atomic mass is 9.80. The Morgan fingerprint density at radius 1 is 1.35 bits per heavy atom. The third kappa shape index (κ3) is 3.17. The Kier molecular flexibility index (Phi) is 4.42. The van der Waals surface area contributed by atoms with E-state index in [-0.39, 0.29) is 16.4 Å². The van der Waals surface area contributed by atoms with Gasteiger partial charge < -0.3 is 10.4 Å². The number of aromatic carboxylic acids is 1. The third-order valence-electron chi connectivity index (χ3n) is 3.89. The lowest BCUT2D eigenvalue weighted by Gasteiger charge is -2.33. The molecule has 110 valence electrons. The summed E-state index contributed by atoms with van der Waals surface area (Å²) in [5, 5.41) is 12.9. The number of thiazole rings is 1. The van der Waals surface area contributed by atoms with E-state index in [9.17, 15) is 9.59 Å². The molecule has 3 atom stereocenters. The van der Waals surface area contributed by atoms with Crippen LogP contribution in [-0.4, -0.2) is 27.9 Å². The van der Waals surface area contributed by atoms with Gasteiger partial charge in [-0.1, -0.05) is 25.2 Å². The van der Waals surface area contributed by atoms with Crippen molar-refractivity contribution in [2.24, 2.45) is 11.8 Å². The van der Waals surface area contributed by atoms with E-state index in [0.717, 1.165) is 30.1 Å². The highest BCUT2D eigenvalue weighted by Crippen LogP contribution is 2.32. The SMILES string of the molecule is CC(=O)c1sc(NC2CCC(C)CC2C)nc1C(=O)O. The molecule has 1 saturated carbocycles. The number of hydrogen-bond donors (Lipinski definition) is 2. The van der Waals surface area contributed by atoms with Gasteiger partial charge in [-0.15, -0.1) is 0 Å². The summed E-state index contributed by atoms with van der Waals surface area (Å²) in [6.45, 7) is 5.83. The minimum atomic E-state index is -1.15. The normalized spacial score (nSPS) is 26.2. The van der Waals surface area contributed by atoms with Crippen molar-refractivity contribution >= 4 is 28.2 Å². The first kappa shape index (κ1) is 15.0. The summed E-state index contributed by atoms with van der Waals surface area (Å²) in [7, 11) is 0. The van der Waals surface area contributed by atoms with Gasteiger partial charge in [0.1, 0.15) is 4.88 Å². The zero-order valence-corrected chi connectivity index (χ0v) is 12.8. The predicted molar refractivity (Wildman–Crippen MR) is 78.7 cm³/mol. The summed E-state index contributed by atoms with van der Waals surface area (Å²) in [5.41, 5.74) is -0.137. The molecule has 1 aromatic heterocycles. The molecule has 1 aromatic rings. The summed E-state index contributed by atoms with van der Waals surface area (Å²) in [5.74, 6) is -0.138. The first-order valence-electron chi connectivity index (χ1n) is 6.90. The van der Waals surface area contributed by atoms with Gasteiger partial charge in [-0.05, 0) is 31.1 Å². The fourth-order valence-corrected chi connectivity index (χ4v) is 3.72. The molecule has 6 heteroatoms. The van der Waals surface area contributed by atoms with Gasteiger partial charge in [0.25, 0.3) is 0 Å². The number of carboxylic acid groups (broad SMARTS) is 1. The zero-order chi connectivity index (χ0) is 14.9. The molecule has 1 aliphatic carbocycles. The molecular formula is C14H20N2O3S. The van der Waals surface area contributed by atoms with Gasteiger partial charge >= 0.3 is 5.97 Å². The Morgan fingerprint density at radius 2 is 2.05 bits per heavy atom. The van der Waals surface area contributed by atoms with Gasteiger partial charge in [0.2, 0.25) is 0 Å². The Labute approximate surface area is 122 Å². The molecule has 0 bridgehead atoms. The number of carboxylic acids is 1. The van der Waals surface area contributed by atoms with Crippen LogP contribution in [0.4, 0.5) is 5.13 Å². The van der Waals surface area contributed by atoms with E-state index in [0.29, 0.717) is 17.1 Å². The molecule has 0 amide bonds. The van der Waals surface area contributed by atoms with Crippen molar-refractivity contribution in [3.8, 4) is 0 Å². The largest absolute Gasteiger partial charge is 0.476 e. The molecule has 0 radical (unpaired) electrons. The second kappa shape index (κ2) is 5.91. The monoisotopic (exact) mass is 296 g/mol. The van der Waals surface area contributed by atoms with Crippen LogP contribution in [0.15, 0.2) is 0 Å². The van der Waals surface area contributed by atoms with Crippen LogP contribution in [0.3, 0.4) is 0 Å². The molecule has 1 aliphatic rings. The number of carbonyl (C=O) groups excluding carboxylic acids is 1. The van der Waals surface area contributed by atoms with Crippen LogP contribution in [0.1, 0.15) is 60.2 Å². The zero-order valence-electron chi connectivity index (χ0n) is 12.0. The first-order chi connectivity index (χ1) is 9.38. The van der Waals surface area contributed by atoms with Crippen LogP contribution >= 0.6 is 11.3 Å². The number of Topliss-reactive ketones (excluding diaryl/α,β-unsaturated/α-hetero) is 1. The summed E-state index contributed by atoms with van der Waals surface area (Å²) < 4.78 is 0. The number of nitrogens with zero attached hydrogens (tertiary/aromatic N) is 1. The molecule has 1 fully saturated rings. The van der Waals surface area contributed by atoms with Crippen molar-refractivity contribution in [3.05, 3.63) is 10.6 Å². The maximum absolute atomic E-state index is 11.5. The second-order valence-corrected chi connectivity index (χ2v) is 6.70. The number of carbonyl (C=O) groups is 2. The Bertz CT molecular complexity index is 495. The van der Waals surface area contributed by atoms with Crippen LogP contribution in [-0.2, 0) is 0 Å². The second-order valence-electron chi connectivity index (χ2n) is 5.70. The van der Waals surface area contributed by atoms with Gasteiger partial charge in [0.05, 0.1) is 0 Å². The fourth-order valence-electron chi connectivity index (χ4n) is 2.80. The van der Waals surface area contributed by atoms with E-state index in [4.69, 9.17) is 5.11 Å². The molecule has 0 spiro atoms. The van der Waals surface area contributed by atoms with Crippen molar-refractivity contribution in [3.63, 3.8) is 0 Å². The molecule has 1 heterocycles. The molecule has 0 saturated heterocycles. The Hall–Kier alpha value is -1.43. The molecule has 20 heavy (non-hydrogen) atoms. The lowest BCUT2D eigenvalue weighted by Crippen LogP contribution is -2.32. The summed E-state index contributed by atoms with van der Waals surface area (Å²) in [4.78, 5) is 26.9. The van der Waals surface area contributed by atoms with Gasteiger partial charge in [0.15, 0.2) is 16.6 Å². The standard InChI is InChI=1S/C14H20N2O3S/c1-7-4-5-10(8(2)6-7)15-14-16-11(13(18)19)12(20-14)9(3)17/h7-8,10H,4-6H2,1-3H3,(H,15,16)(H,18,19). The predicted octanol–water partition coefficient (Wildman–Crippen LogP) is 3.28. The van der Waals surface area contributed by atoms with E-state index in [2.05, 4.69) is 24.1 Å². The van der Waals surface area contributed by atoms with Crippen molar-refractivity contribution in [2.75, 3.05) is 5.32 Å². The fraction of sp³-hybridized carbons (Fsp3) is 0.643. The minimum Gasteiger partial charge on any atom is -0.476 e. The molecule has 0 aromatic carbocycles. The first-order valence-corrected chi connectivity index (χ1v) is 7.71. The van der Waals surface area contributed by atoms with Crippen LogP contribution in [0.5, 0.6) is 0 Å². The molecule has 0 aliphatic heterocycles. The maximum atomic E-state index is 11.5. The molecule has 3 unspecified atom stereocenters. The lowest BCUT2D eigenvalue weighted by molar-refractivity contribution is 0.0687. The summed E-state index contributed by atoms with van der Waals surface area (Å²) in [6.07, 6.45) is 3.38. The summed E-state index contributed by atoms with van der Waals surface area (Å²) in [6, 6.07) is 0.304. The summed E-state index contributed by atoms with van der Waals surface area (Å²) >= 11 is 1.14. The van der Waals surface area contributed by atoms with Crippen molar-refractivity contribution in [2.45, 2.75) is 46.1 Å². The van der Waals surface area contributed by atoms with Gasteiger partial charge in [-0.3, -0.25) is 4.79 Å². The number of anilines is 1. The quantitative estimate of drug-likeness (QED) is 0.834. The van der Waals surface area contributed by atoms with Crippen LogP contribution in [0.25, 0.3) is 0 Å². The molecular weight excluding hydrogens is 276 g/mol. The van der Waals surface area contributed by atoms with E-state index in [1.807, 2.05) is 0 Å². The molecule has 2 rings (SSSR count). The van der Waals surface area contributed by atoms with Crippen molar-refractivity contribution in [1.29, 1.82) is 0 Å². The Balaban J connectivity index is 2.16. The number of nitrogens with one attached hydrogen (secondary N) is 1. The van der Waals surface area contributed by atoms with Crippen LogP contribution in [0.2, 0.25) is 0 Å². The van der Waals surface area contributed by atoms with Gasteiger partial charge in [-0.2, -0.15) is 0 Å². The average Bonchev–Trinajstić information content (AvgIpc) is 2.77. The number of aromatic nitrogens is 1. The highest BCUT2D eigenvalue weighted by atomic mass is 32.1. The van der Waals surface area contributed by atoms with Crippen LogP contribution < -0.4 is 5.32 Å². The topological polar surface area (TPSA) is 79.3 Å². The van der Waals surface area contributed by atoms with E-state index >= 15 is 0 Å². The molecule has 5 nitrogen and oxygen atoms in total. The number of ketones is 1. The third-order valence-corrected chi connectivity index (χ3v) is 4.98. The van der Waals surface area contributed by atoms with E-state index < -0.39 is 5.97 Å². The smallest absolute Gasteiger partial charge is 0.356 e. The average molecular weight is 296 g/mol. The number of rotatable bonds is 4.